The zero-order chi connectivity index (χ0) is 12.3. The van der Waals surface area contributed by atoms with E-state index >= 15 is 0 Å². The summed E-state index contributed by atoms with van der Waals surface area (Å²) in [4.78, 5) is 0. The van der Waals surface area contributed by atoms with Crippen molar-refractivity contribution in [3.05, 3.63) is 68.8 Å². The van der Waals surface area contributed by atoms with Gasteiger partial charge < -0.3 is 0 Å². The van der Waals surface area contributed by atoms with E-state index < -0.39 is 0 Å². The maximum absolute atomic E-state index is 5.72. The van der Waals surface area contributed by atoms with E-state index in [0.29, 0.717) is 0 Å². The molecule has 0 amide bonds. The smallest absolute Gasteiger partial charge is 0.0722 e. The molecule has 1 atom stereocenters. The van der Waals surface area contributed by atoms with Gasteiger partial charge in [0.15, 0.2) is 0 Å². The molecule has 0 radical (unpaired) electrons. The fraction of sp³-hybridized carbons (Fsp3) is 0.143. The largest absolute Gasteiger partial charge is 0.271 e. The van der Waals surface area contributed by atoms with Crippen LogP contribution in [0.15, 0.2) is 48.5 Å². The maximum atomic E-state index is 5.72. The first kappa shape index (κ1) is 12.5. The van der Waals surface area contributed by atoms with E-state index in [1.165, 1.54) is 20.3 Å². The van der Waals surface area contributed by atoms with Crippen molar-refractivity contribution >= 4 is 22.6 Å². The van der Waals surface area contributed by atoms with Gasteiger partial charge in [-0.1, -0.05) is 42.5 Å². The quantitative estimate of drug-likeness (QED) is 0.513. The number of halogens is 1. The highest BCUT2D eigenvalue weighted by molar-refractivity contribution is 14.1. The van der Waals surface area contributed by atoms with Crippen molar-refractivity contribution in [1.29, 1.82) is 0 Å². The standard InChI is InChI=1S/C14H15IN2/c1-10-6-2-3-7-11(10)14(17-16)12-8-4-5-9-13(12)15/h2-9,14,17H,16H2,1H3. The molecule has 17 heavy (non-hydrogen) atoms. The predicted molar refractivity (Wildman–Crippen MR) is 79.5 cm³/mol. The highest BCUT2D eigenvalue weighted by atomic mass is 127. The lowest BCUT2D eigenvalue weighted by molar-refractivity contribution is 0.631. The first-order chi connectivity index (χ1) is 8.24. The first-order valence-electron chi connectivity index (χ1n) is 5.50. The minimum Gasteiger partial charge on any atom is -0.271 e. The van der Waals surface area contributed by atoms with Crippen molar-refractivity contribution in [2.75, 3.05) is 0 Å². The fourth-order valence-electron chi connectivity index (χ4n) is 1.97. The van der Waals surface area contributed by atoms with Gasteiger partial charge in [0, 0.05) is 3.57 Å². The third-order valence-electron chi connectivity index (χ3n) is 2.88. The molecule has 2 nitrogen and oxygen atoms in total. The topological polar surface area (TPSA) is 38.0 Å². The van der Waals surface area contributed by atoms with Gasteiger partial charge in [0.2, 0.25) is 0 Å². The van der Waals surface area contributed by atoms with Crippen molar-refractivity contribution in [3.63, 3.8) is 0 Å². The SMILES string of the molecule is Cc1ccccc1C(NN)c1ccccc1I. The Bertz CT molecular complexity index is 466. The molecule has 3 N–H and O–H groups in total. The van der Waals surface area contributed by atoms with Crippen LogP contribution < -0.4 is 11.3 Å². The molecule has 0 fully saturated rings. The van der Waals surface area contributed by atoms with E-state index in [-0.39, 0.29) is 6.04 Å². The van der Waals surface area contributed by atoms with E-state index in [4.69, 9.17) is 5.84 Å². The summed E-state index contributed by atoms with van der Waals surface area (Å²) in [5.41, 5.74) is 6.59. The first-order valence-corrected chi connectivity index (χ1v) is 6.58. The van der Waals surface area contributed by atoms with Crippen LogP contribution in [-0.2, 0) is 0 Å². The Labute approximate surface area is 115 Å². The van der Waals surface area contributed by atoms with Crippen LogP contribution in [0.1, 0.15) is 22.7 Å². The van der Waals surface area contributed by atoms with E-state index in [0.717, 1.165) is 0 Å². The molecular formula is C14H15IN2. The van der Waals surface area contributed by atoms with Crippen LogP contribution in [0.4, 0.5) is 0 Å². The Kier molecular flexibility index (Phi) is 4.15. The second-order valence-electron chi connectivity index (χ2n) is 3.98. The average molecular weight is 338 g/mol. The monoisotopic (exact) mass is 338 g/mol. The van der Waals surface area contributed by atoms with Crippen molar-refractivity contribution in [2.24, 2.45) is 5.84 Å². The molecule has 0 aliphatic rings. The maximum Gasteiger partial charge on any atom is 0.0722 e. The van der Waals surface area contributed by atoms with Gasteiger partial charge in [0.05, 0.1) is 6.04 Å². The number of rotatable bonds is 3. The Balaban J connectivity index is 2.48. The van der Waals surface area contributed by atoms with E-state index in [1.807, 2.05) is 24.3 Å². The summed E-state index contributed by atoms with van der Waals surface area (Å²) in [6.07, 6.45) is 0. The number of aryl methyl sites for hydroxylation is 1. The summed E-state index contributed by atoms with van der Waals surface area (Å²) in [6.45, 7) is 2.11. The van der Waals surface area contributed by atoms with Gasteiger partial charge >= 0.3 is 0 Å². The molecule has 0 saturated carbocycles. The summed E-state index contributed by atoms with van der Waals surface area (Å²) in [5.74, 6) is 5.72. The second kappa shape index (κ2) is 5.62. The van der Waals surface area contributed by atoms with Gasteiger partial charge in [0.1, 0.15) is 0 Å². The predicted octanol–water partition coefficient (Wildman–Crippen LogP) is 3.15. The van der Waals surface area contributed by atoms with Crippen LogP contribution >= 0.6 is 22.6 Å². The molecule has 2 aromatic carbocycles. The Hall–Kier alpha value is -0.910. The molecule has 0 saturated heterocycles. The van der Waals surface area contributed by atoms with Gasteiger partial charge in [0.25, 0.3) is 0 Å². The van der Waals surface area contributed by atoms with E-state index in [1.54, 1.807) is 0 Å². The van der Waals surface area contributed by atoms with Crippen molar-refractivity contribution in [3.8, 4) is 0 Å². The highest BCUT2D eigenvalue weighted by Crippen LogP contribution is 2.27. The van der Waals surface area contributed by atoms with Crippen molar-refractivity contribution < 1.29 is 0 Å². The van der Waals surface area contributed by atoms with Gasteiger partial charge in [-0.2, -0.15) is 0 Å². The molecular weight excluding hydrogens is 323 g/mol. The summed E-state index contributed by atoms with van der Waals surface area (Å²) in [7, 11) is 0. The van der Waals surface area contributed by atoms with E-state index in [9.17, 15) is 0 Å². The molecule has 0 aliphatic carbocycles. The van der Waals surface area contributed by atoms with Crippen LogP contribution in [0.5, 0.6) is 0 Å². The third-order valence-corrected chi connectivity index (χ3v) is 3.86. The summed E-state index contributed by atoms with van der Waals surface area (Å²) < 4.78 is 1.22. The number of nitrogens with two attached hydrogens (primary N) is 1. The van der Waals surface area contributed by atoms with Crippen molar-refractivity contribution in [2.45, 2.75) is 13.0 Å². The molecule has 88 valence electrons. The van der Waals surface area contributed by atoms with Crippen LogP contribution in [0.2, 0.25) is 0 Å². The summed E-state index contributed by atoms with van der Waals surface area (Å²) in [6, 6.07) is 16.6. The van der Waals surface area contributed by atoms with Crippen LogP contribution in [0, 0.1) is 10.5 Å². The normalized spacial score (nSPS) is 12.4. The lowest BCUT2D eigenvalue weighted by Crippen LogP contribution is -2.29. The minimum absolute atomic E-state index is 0.0456. The summed E-state index contributed by atoms with van der Waals surface area (Å²) >= 11 is 2.34. The molecule has 1 unspecified atom stereocenters. The van der Waals surface area contributed by atoms with Gasteiger partial charge in [-0.15, -0.1) is 0 Å². The molecule has 0 aromatic heterocycles. The molecule has 0 heterocycles. The molecule has 0 bridgehead atoms. The third kappa shape index (κ3) is 2.68. The number of hydrogen-bond donors (Lipinski definition) is 2. The number of benzene rings is 2. The van der Waals surface area contributed by atoms with E-state index in [2.05, 4.69) is 59.2 Å². The Morgan fingerprint density at radius 3 is 2.18 bits per heavy atom. The minimum atomic E-state index is 0.0456. The van der Waals surface area contributed by atoms with Gasteiger partial charge in [-0.25, -0.2) is 5.43 Å². The van der Waals surface area contributed by atoms with Crippen LogP contribution in [-0.4, -0.2) is 0 Å². The lowest BCUT2D eigenvalue weighted by atomic mass is 9.96. The molecule has 0 aliphatic heterocycles. The highest BCUT2D eigenvalue weighted by Gasteiger charge is 2.16. The molecule has 0 spiro atoms. The number of hydrogen-bond acceptors (Lipinski definition) is 2. The van der Waals surface area contributed by atoms with Crippen LogP contribution in [0.3, 0.4) is 0 Å². The average Bonchev–Trinajstić information content (AvgIpc) is 2.34. The lowest BCUT2D eigenvalue weighted by Gasteiger charge is -2.20. The van der Waals surface area contributed by atoms with Crippen molar-refractivity contribution in [1.82, 2.24) is 5.43 Å². The Morgan fingerprint density at radius 1 is 1.00 bits per heavy atom. The van der Waals surface area contributed by atoms with Gasteiger partial charge in [-0.3, -0.25) is 5.84 Å². The van der Waals surface area contributed by atoms with Crippen LogP contribution in [0.25, 0.3) is 0 Å². The zero-order valence-electron chi connectivity index (χ0n) is 9.65. The van der Waals surface area contributed by atoms with Gasteiger partial charge in [-0.05, 0) is 52.3 Å². The number of nitrogens with one attached hydrogen (secondary N) is 1. The summed E-state index contributed by atoms with van der Waals surface area (Å²) in [5, 5.41) is 0. The Morgan fingerprint density at radius 2 is 1.59 bits per heavy atom. The fourth-order valence-corrected chi connectivity index (χ4v) is 2.67. The second-order valence-corrected chi connectivity index (χ2v) is 5.14. The molecule has 3 heteroatoms. The zero-order valence-corrected chi connectivity index (χ0v) is 11.8. The molecule has 2 aromatic rings. The number of hydrazine groups is 1. The molecule has 2 rings (SSSR count).